The van der Waals surface area contributed by atoms with Crippen molar-refractivity contribution < 1.29 is 9.59 Å². The van der Waals surface area contributed by atoms with Crippen LogP contribution in [0.15, 0.2) is 53.7 Å². The number of rotatable bonds is 8. The van der Waals surface area contributed by atoms with Crippen molar-refractivity contribution in [1.82, 2.24) is 25.6 Å². The zero-order valence-electron chi connectivity index (χ0n) is 17.8. The summed E-state index contributed by atoms with van der Waals surface area (Å²) < 4.78 is 1.96. The molecule has 31 heavy (non-hydrogen) atoms. The summed E-state index contributed by atoms with van der Waals surface area (Å²) >= 11 is 1.27. The Hall–Kier alpha value is -3.33. The highest BCUT2D eigenvalue weighted by atomic mass is 32.2. The molecule has 1 heterocycles. The number of anilines is 1. The van der Waals surface area contributed by atoms with Crippen LogP contribution in [0.3, 0.4) is 0 Å². The molecule has 2 aromatic carbocycles. The first kappa shape index (κ1) is 22.4. The van der Waals surface area contributed by atoms with Crippen molar-refractivity contribution in [3.8, 4) is 0 Å². The third kappa shape index (κ3) is 6.32. The van der Waals surface area contributed by atoms with E-state index < -0.39 is 0 Å². The number of nitrogens with one attached hydrogen (secondary N) is 3. The Kier molecular flexibility index (Phi) is 7.66. The first-order chi connectivity index (χ1) is 15.0. The highest BCUT2D eigenvalue weighted by Crippen LogP contribution is 2.18. The minimum atomic E-state index is -0.362. The number of amides is 2. The number of hydrogen-bond donors (Lipinski definition) is 3. The third-order valence-electron chi connectivity index (χ3n) is 4.57. The second-order valence-electron chi connectivity index (χ2n) is 7.02. The van der Waals surface area contributed by atoms with Crippen molar-refractivity contribution in [3.05, 3.63) is 71.0 Å². The first-order valence-electron chi connectivity index (χ1n) is 9.97. The van der Waals surface area contributed by atoms with Gasteiger partial charge in [-0.25, -0.2) is 0 Å². The van der Waals surface area contributed by atoms with E-state index >= 15 is 0 Å². The lowest BCUT2D eigenvalue weighted by Crippen LogP contribution is -2.42. The average molecular weight is 439 g/mol. The zero-order valence-corrected chi connectivity index (χ0v) is 18.6. The molecule has 0 bridgehead atoms. The Morgan fingerprint density at radius 3 is 2.23 bits per heavy atom. The second-order valence-corrected chi connectivity index (χ2v) is 7.96. The summed E-state index contributed by atoms with van der Waals surface area (Å²) in [5.41, 5.74) is 8.61. The van der Waals surface area contributed by atoms with Crippen molar-refractivity contribution in [1.29, 1.82) is 0 Å². The van der Waals surface area contributed by atoms with Gasteiger partial charge in [-0.15, -0.1) is 10.2 Å². The summed E-state index contributed by atoms with van der Waals surface area (Å²) in [5.74, 6) is 0.214. The van der Waals surface area contributed by atoms with Gasteiger partial charge in [0.1, 0.15) is 0 Å². The summed E-state index contributed by atoms with van der Waals surface area (Å²) in [6.45, 7) is 7.21. The van der Waals surface area contributed by atoms with Gasteiger partial charge >= 0.3 is 0 Å². The summed E-state index contributed by atoms with van der Waals surface area (Å²) in [7, 11) is 0. The predicted molar refractivity (Wildman–Crippen MR) is 122 cm³/mol. The van der Waals surface area contributed by atoms with Crippen LogP contribution in [0.25, 0.3) is 0 Å². The number of thioether (sulfide) groups is 1. The summed E-state index contributed by atoms with van der Waals surface area (Å²) in [6, 6.07) is 15.2. The highest BCUT2D eigenvalue weighted by molar-refractivity contribution is 7.99. The molecule has 8 nitrogen and oxygen atoms in total. The fourth-order valence-corrected chi connectivity index (χ4v) is 3.62. The Bertz CT molecular complexity index is 1030. The summed E-state index contributed by atoms with van der Waals surface area (Å²) in [5, 5.41) is 12.4. The smallest absolute Gasteiger partial charge is 0.269 e. The van der Waals surface area contributed by atoms with Gasteiger partial charge in [0.05, 0.1) is 12.3 Å². The van der Waals surface area contributed by atoms with Gasteiger partial charge in [0.25, 0.3) is 5.91 Å². The van der Waals surface area contributed by atoms with E-state index in [2.05, 4.69) is 26.4 Å². The molecule has 1 aromatic heterocycles. The molecular formula is C22H26N6O2S. The molecule has 0 unspecified atom stereocenters. The highest BCUT2D eigenvalue weighted by Gasteiger charge is 2.14. The SMILES string of the molecule is CCn1c(CNc2ccc(C)cc2)nnc1SCC(=O)NNC(=O)c1ccc(C)cc1. The molecule has 3 aromatic rings. The van der Waals surface area contributed by atoms with Crippen molar-refractivity contribution >= 4 is 29.3 Å². The van der Waals surface area contributed by atoms with Crippen molar-refractivity contribution in [2.24, 2.45) is 0 Å². The molecule has 162 valence electrons. The molecule has 0 fully saturated rings. The van der Waals surface area contributed by atoms with E-state index in [4.69, 9.17) is 0 Å². The molecule has 0 aliphatic heterocycles. The van der Waals surface area contributed by atoms with Crippen LogP contribution in [0, 0.1) is 13.8 Å². The largest absolute Gasteiger partial charge is 0.378 e. The van der Waals surface area contributed by atoms with Crippen LogP contribution >= 0.6 is 11.8 Å². The Morgan fingerprint density at radius 1 is 0.935 bits per heavy atom. The van der Waals surface area contributed by atoms with Gasteiger partial charge in [0.15, 0.2) is 11.0 Å². The average Bonchev–Trinajstić information content (AvgIpc) is 3.18. The van der Waals surface area contributed by atoms with Crippen molar-refractivity contribution in [2.75, 3.05) is 11.1 Å². The van der Waals surface area contributed by atoms with E-state index in [1.54, 1.807) is 12.1 Å². The number of nitrogens with zero attached hydrogens (tertiary/aromatic N) is 3. The van der Waals surface area contributed by atoms with Crippen LogP contribution in [0.5, 0.6) is 0 Å². The second kappa shape index (κ2) is 10.6. The number of benzene rings is 2. The maximum absolute atomic E-state index is 12.1. The van der Waals surface area contributed by atoms with Gasteiger partial charge in [-0.3, -0.25) is 20.4 Å². The van der Waals surface area contributed by atoms with Gasteiger partial charge < -0.3 is 9.88 Å². The van der Waals surface area contributed by atoms with Crippen LogP contribution < -0.4 is 16.2 Å². The van der Waals surface area contributed by atoms with Crippen LogP contribution in [-0.2, 0) is 17.9 Å². The van der Waals surface area contributed by atoms with Gasteiger partial charge in [-0.05, 0) is 45.0 Å². The van der Waals surface area contributed by atoms with Gasteiger partial charge in [0.2, 0.25) is 5.91 Å². The molecular weight excluding hydrogens is 412 g/mol. The molecule has 0 saturated heterocycles. The monoisotopic (exact) mass is 438 g/mol. The van der Waals surface area contributed by atoms with Crippen LogP contribution in [0.1, 0.15) is 34.2 Å². The fraction of sp³-hybridized carbons (Fsp3) is 0.273. The zero-order chi connectivity index (χ0) is 22.2. The molecule has 0 radical (unpaired) electrons. The van der Waals surface area contributed by atoms with Gasteiger partial charge in [-0.2, -0.15) is 0 Å². The summed E-state index contributed by atoms with van der Waals surface area (Å²) in [4.78, 5) is 24.2. The van der Waals surface area contributed by atoms with Gasteiger partial charge in [-0.1, -0.05) is 47.2 Å². The maximum Gasteiger partial charge on any atom is 0.269 e. The van der Waals surface area contributed by atoms with Crippen LogP contribution in [-0.4, -0.2) is 32.3 Å². The predicted octanol–water partition coefficient (Wildman–Crippen LogP) is 3.08. The molecule has 0 aliphatic rings. The molecule has 0 spiro atoms. The molecule has 0 saturated carbocycles. The number of hydrogen-bond acceptors (Lipinski definition) is 6. The Labute approximate surface area is 185 Å². The van der Waals surface area contributed by atoms with Crippen molar-refractivity contribution in [3.63, 3.8) is 0 Å². The van der Waals surface area contributed by atoms with E-state index in [9.17, 15) is 9.59 Å². The minimum Gasteiger partial charge on any atom is -0.378 e. The molecule has 3 rings (SSSR count). The third-order valence-corrected chi connectivity index (χ3v) is 5.54. The first-order valence-corrected chi connectivity index (χ1v) is 11.0. The van der Waals surface area contributed by atoms with E-state index in [1.165, 1.54) is 17.3 Å². The molecule has 3 N–H and O–H groups in total. The standard InChI is InChI=1S/C22H26N6O2S/c1-4-28-19(13-23-18-11-7-16(3)8-12-18)24-27-22(28)31-14-20(29)25-26-21(30)17-9-5-15(2)6-10-17/h5-12,23H,4,13-14H2,1-3H3,(H,25,29)(H,26,30). The molecule has 2 amide bonds. The van der Waals surface area contributed by atoms with Crippen LogP contribution in [0.4, 0.5) is 5.69 Å². The number of carbonyl (C=O) groups is 2. The van der Waals surface area contributed by atoms with E-state index in [0.29, 0.717) is 23.8 Å². The number of aryl methyl sites for hydroxylation is 2. The fourth-order valence-electron chi connectivity index (χ4n) is 2.80. The number of carbonyl (C=O) groups excluding carboxylic acids is 2. The maximum atomic E-state index is 12.1. The molecule has 9 heteroatoms. The molecule has 0 aliphatic carbocycles. The minimum absolute atomic E-state index is 0.109. The van der Waals surface area contributed by atoms with E-state index in [-0.39, 0.29) is 17.6 Å². The Morgan fingerprint density at radius 2 is 1.58 bits per heavy atom. The topological polar surface area (TPSA) is 101 Å². The lowest BCUT2D eigenvalue weighted by Gasteiger charge is -2.10. The lowest BCUT2D eigenvalue weighted by atomic mass is 10.1. The van der Waals surface area contributed by atoms with Crippen LogP contribution in [0.2, 0.25) is 0 Å². The number of aromatic nitrogens is 3. The normalized spacial score (nSPS) is 10.5. The van der Waals surface area contributed by atoms with E-state index in [1.807, 2.05) is 61.7 Å². The number of hydrazine groups is 1. The summed E-state index contributed by atoms with van der Waals surface area (Å²) in [6.07, 6.45) is 0. The Balaban J connectivity index is 1.49. The van der Waals surface area contributed by atoms with Gasteiger partial charge in [0, 0.05) is 17.8 Å². The quantitative estimate of drug-likeness (QED) is 0.369. The van der Waals surface area contributed by atoms with Crippen molar-refractivity contribution in [2.45, 2.75) is 39.0 Å². The molecule has 0 atom stereocenters. The lowest BCUT2D eigenvalue weighted by molar-refractivity contribution is -0.119. The van der Waals surface area contributed by atoms with E-state index in [0.717, 1.165) is 17.1 Å².